The number of morpholine rings is 1. The van der Waals surface area contributed by atoms with Crippen LogP contribution in [-0.2, 0) is 4.74 Å². The molecule has 1 aromatic carbocycles. The molecule has 2 N–H and O–H groups in total. The number of carbonyl (C=O) groups is 1. The van der Waals surface area contributed by atoms with Gasteiger partial charge < -0.3 is 15.4 Å². The molecule has 4 rings (SSSR count). The molecule has 8 heteroatoms. The number of rotatable bonds is 6. The molecule has 8 nitrogen and oxygen atoms in total. The number of nitrogens with zero attached hydrogens (tertiary/aromatic N) is 4. The van der Waals surface area contributed by atoms with E-state index in [2.05, 4.69) is 25.6 Å². The third-order valence-corrected chi connectivity index (χ3v) is 6.47. The molecule has 2 aliphatic rings. The summed E-state index contributed by atoms with van der Waals surface area (Å²) in [7, 11) is 0. The summed E-state index contributed by atoms with van der Waals surface area (Å²) in [6, 6.07) is 7.79. The lowest BCUT2D eigenvalue weighted by Gasteiger charge is -2.48. The van der Waals surface area contributed by atoms with E-state index >= 15 is 0 Å². The number of urea groups is 1. The predicted molar refractivity (Wildman–Crippen MR) is 115 cm³/mol. The summed E-state index contributed by atoms with van der Waals surface area (Å²) in [5.74, 6) is 0. The SMILES string of the molecule is CC(NC(=O)NCC1(N2CCOCC2)CCCCC1)c1ccc(-n2cncn2)cc1. The number of benzene rings is 1. The molecule has 162 valence electrons. The molecule has 2 fully saturated rings. The van der Waals surface area contributed by atoms with Gasteiger partial charge in [-0.2, -0.15) is 5.10 Å². The smallest absolute Gasteiger partial charge is 0.315 e. The summed E-state index contributed by atoms with van der Waals surface area (Å²) in [4.78, 5) is 19.2. The molecular weight excluding hydrogens is 380 g/mol. The molecule has 1 saturated carbocycles. The van der Waals surface area contributed by atoms with Crippen LogP contribution < -0.4 is 10.6 Å². The van der Waals surface area contributed by atoms with Crippen LogP contribution in [0.2, 0.25) is 0 Å². The van der Waals surface area contributed by atoms with E-state index in [-0.39, 0.29) is 17.6 Å². The van der Waals surface area contributed by atoms with Gasteiger partial charge in [0.25, 0.3) is 0 Å². The average molecular weight is 413 g/mol. The highest BCUT2D eigenvalue weighted by Gasteiger charge is 2.38. The fourth-order valence-corrected chi connectivity index (χ4v) is 4.69. The highest BCUT2D eigenvalue weighted by molar-refractivity contribution is 5.74. The molecule has 2 aromatic rings. The predicted octanol–water partition coefficient (Wildman–Crippen LogP) is 2.66. The zero-order valence-electron chi connectivity index (χ0n) is 17.7. The third kappa shape index (κ3) is 4.82. The Morgan fingerprint density at radius 3 is 2.57 bits per heavy atom. The number of amides is 2. The summed E-state index contributed by atoms with van der Waals surface area (Å²) in [5, 5.41) is 10.4. The van der Waals surface area contributed by atoms with E-state index in [1.165, 1.54) is 25.6 Å². The lowest BCUT2D eigenvalue weighted by Crippen LogP contribution is -2.60. The Labute approximate surface area is 178 Å². The van der Waals surface area contributed by atoms with Gasteiger partial charge in [-0.1, -0.05) is 31.4 Å². The summed E-state index contributed by atoms with van der Waals surface area (Å²) in [6.45, 7) is 6.18. The molecule has 1 aliphatic carbocycles. The van der Waals surface area contributed by atoms with Crippen molar-refractivity contribution in [3.8, 4) is 5.69 Å². The van der Waals surface area contributed by atoms with Crippen molar-refractivity contribution in [1.82, 2.24) is 30.3 Å². The standard InChI is InChI=1S/C22H32N6O2/c1-18(19-5-7-20(8-6-19)28-17-23-16-25-28)26-21(29)24-15-22(9-3-2-4-10-22)27-11-13-30-14-12-27/h5-8,16-18H,2-4,9-15H2,1H3,(H2,24,26,29). The van der Waals surface area contributed by atoms with Crippen LogP contribution in [0.25, 0.3) is 5.69 Å². The van der Waals surface area contributed by atoms with E-state index in [0.717, 1.165) is 50.4 Å². The zero-order chi connectivity index (χ0) is 20.8. The first-order chi connectivity index (χ1) is 14.7. The number of ether oxygens (including phenoxy) is 1. The van der Waals surface area contributed by atoms with Gasteiger partial charge in [0.15, 0.2) is 0 Å². The molecule has 0 spiro atoms. The second-order valence-corrected chi connectivity index (χ2v) is 8.36. The van der Waals surface area contributed by atoms with Gasteiger partial charge in [0.1, 0.15) is 12.7 Å². The Morgan fingerprint density at radius 2 is 1.90 bits per heavy atom. The van der Waals surface area contributed by atoms with E-state index in [1.807, 2.05) is 31.2 Å². The fraction of sp³-hybridized carbons (Fsp3) is 0.591. The summed E-state index contributed by atoms with van der Waals surface area (Å²) >= 11 is 0. The molecule has 1 saturated heterocycles. The Morgan fingerprint density at radius 1 is 1.17 bits per heavy atom. The van der Waals surface area contributed by atoms with Crippen molar-refractivity contribution in [3.05, 3.63) is 42.5 Å². The normalized spacial score (nSPS) is 20.4. The van der Waals surface area contributed by atoms with Crippen molar-refractivity contribution >= 4 is 6.03 Å². The van der Waals surface area contributed by atoms with Gasteiger partial charge in [0, 0.05) is 25.2 Å². The van der Waals surface area contributed by atoms with Gasteiger partial charge in [0.2, 0.25) is 0 Å². The molecule has 1 aliphatic heterocycles. The maximum Gasteiger partial charge on any atom is 0.315 e. The highest BCUT2D eigenvalue weighted by atomic mass is 16.5. The van der Waals surface area contributed by atoms with Crippen LogP contribution in [-0.4, -0.2) is 64.1 Å². The maximum absolute atomic E-state index is 12.7. The van der Waals surface area contributed by atoms with Crippen LogP contribution in [0.15, 0.2) is 36.9 Å². The monoisotopic (exact) mass is 412 g/mol. The molecular formula is C22H32N6O2. The fourth-order valence-electron chi connectivity index (χ4n) is 4.69. The Bertz CT molecular complexity index is 796. The molecule has 2 heterocycles. The van der Waals surface area contributed by atoms with E-state index in [0.29, 0.717) is 6.54 Å². The van der Waals surface area contributed by atoms with Crippen LogP contribution >= 0.6 is 0 Å². The molecule has 1 unspecified atom stereocenters. The Kier molecular flexibility index (Phi) is 6.64. The van der Waals surface area contributed by atoms with Crippen LogP contribution in [0, 0.1) is 0 Å². The number of nitrogens with one attached hydrogen (secondary N) is 2. The number of hydrogen-bond donors (Lipinski definition) is 2. The molecule has 2 amide bonds. The van der Waals surface area contributed by atoms with Crippen molar-refractivity contribution in [3.63, 3.8) is 0 Å². The van der Waals surface area contributed by atoms with Crippen molar-refractivity contribution in [1.29, 1.82) is 0 Å². The lowest BCUT2D eigenvalue weighted by atomic mass is 9.80. The molecule has 1 atom stereocenters. The lowest BCUT2D eigenvalue weighted by molar-refractivity contribution is -0.0357. The molecule has 0 bridgehead atoms. The van der Waals surface area contributed by atoms with Crippen molar-refractivity contribution < 1.29 is 9.53 Å². The second kappa shape index (κ2) is 9.57. The topological polar surface area (TPSA) is 84.3 Å². The van der Waals surface area contributed by atoms with E-state index in [4.69, 9.17) is 4.74 Å². The molecule has 0 radical (unpaired) electrons. The van der Waals surface area contributed by atoms with Gasteiger partial charge in [0.05, 0.1) is 24.9 Å². The summed E-state index contributed by atoms with van der Waals surface area (Å²) in [5.41, 5.74) is 2.06. The van der Waals surface area contributed by atoms with Gasteiger partial charge in [-0.25, -0.2) is 14.5 Å². The minimum atomic E-state index is -0.110. The van der Waals surface area contributed by atoms with Crippen LogP contribution in [0.3, 0.4) is 0 Å². The van der Waals surface area contributed by atoms with Gasteiger partial charge in [-0.15, -0.1) is 0 Å². The number of hydrogen-bond acceptors (Lipinski definition) is 5. The minimum Gasteiger partial charge on any atom is -0.379 e. The minimum absolute atomic E-state index is 0.0715. The van der Waals surface area contributed by atoms with E-state index < -0.39 is 0 Å². The van der Waals surface area contributed by atoms with E-state index in [9.17, 15) is 4.79 Å². The molecule has 1 aromatic heterocycles. The number of aromatic nitrogens is 3. The Hall–Kier alpha value is -2.45. The highest BCUT2D eigenvalue weighted by Crippen LogP contribution is 2.33. The van der Waals surface area contributed by atoms with Crippen LogP contribution in [0.5, 0.6) is 0 Å². The van der Waals surface area contributed by atoms with Gasteiger partial charge in [-0.05, 0) is 37.5 Å². The van der Waals surface area contributed by atoms with Crippen molar-refractivity contribution in [2.24, 2.45) is 0 Å². The third-order valence-electron chi connectivity index (χ3n) is 6.47. The number of carbonyl (C=O) groups excluding carboxylic acids is 1. The first-order valence-corrected chi connectivity index (χ1v) is 11.0. The Balaban J connectivity index is 1.32. The van der Waals surface area contributed by atoms with Gasteiger partial charge >= 0.3 is 6.03 Å². The van der Waals surface area contributed by atoms with Gasteiger partial charge in [-0.3, -0.25) is 4.90 Å². The summed E-state index contributed by atoms with van der Waals surface area (Å²) < 4.78 is 7.26. The average Bonchev–Trinajstić information content (AvgIpc) is 3.34. The molecule has 30 heavy (non-hydrogen) atoms. The van der Waals surface area contributed by atoms with Crippen LogP contribution in [0.1, 0.15) is 50.6 Å². The van der Waals surface area contributed by atoms with Crippen molar-refractivity contribution in [2.75, 3.05) is 32.8 Å². The maximum atomic E-state index is 12.7. The van der Waals surface area contributed by atoms with Crippen LogP contribution in [0.4, 0.5) is 4.79 Å². The van der Waals surface area contributed by atoms with E-state index in [1.54, 1.807) is 11.0 Å². The largest absolute Gasteiger partial charge is 0.379 e. The summed E-state index contributed by atoms with van der Waals surface area (Å²) in [6.07, 6.45) is 9.22. The van der Waals surface area contributed by atoms with Crippen molar-refractivity contribution in [2.45, 2.75) is 50.6 Å². The quantitative estimate of drug-likeness (QED) is 0.762. The zero-order valence-corrected chi connectivity index (χ0v) is 17.7. The first kappa shape index (κ1) is 20.8. The second-order valence-electron chi connectivity index (χ2n) is 8.36. The first-order valence-electron chi connectivity index (χ1n) is 11.0.